The Morgan fingerprint density at radius 1 is 1.31 bits per heavy atom. The number of hydrogen-bond donors (Lipinski definition) is 2. The predicted octanol–water partition coefficient (Wildman–Crippen LogP) is 2.17. The van der Waals surface area contributed by atoms with Gasteiger partial charge >= 0.3 is 0 Å². The Balaban J connectivity index is 2.58. The molecular weight excluding hydrogens is 202 g/mol. The third kappa shape index (κ3) is 4.00. The van der Waals surface area contributed by atoms with Gasteiger partial charge in [0, 0.05) is 0 Å². The highest BCUT2D eigenvalue weighted by Gasteiger charge is 2.22. The maximum Gasteiger partial charge on any atom is 0.156 e. The van der Waals surface area contributed by atoms with Gasteiger partial charge < -0.3 is 10.9 Å². The third-order valence-corrected chi connectivity index (χ3v) is 3.37. The lowest BCUT2D eigenvalue weighted by molar-refractivity contribution is 0.229. The summed E-state index contributed by atoms with van der Waals surface area (Å²) in [4.78, 5) is 2.39. The standard InChI is InChI=1S/C12H25N3O/c1-2-3-8-11(12(13)14-16)15-9-6-4-5-7-10-15/h11,16H,2-10H2,1H3,(H2,13,14). The molecule has 1 rings (SSSR count). The van der Waals surface area contributed by atoms with Crippen LogP contribution in [0.4, 0.5) is 0 Å². The van der Waals surface area contributed by atoms with Crippen molar-refractivity contribution < 1.29 is 5.21 Å². The number of nitrogens with two attached hydrogens (primary N) is 1. The summed E-state index contributed by atoms with van der Waals surface area (Å²) in [5.74, 6) is 0.385. The number of likely N-dealkylation sites (tertiary alicyclic amines) is 1. The van der Waals surface area contributed by atoms with Gasteiger partial charge in [-0.3, -0.25) is 4.90 Å². The highest BCUT2D eigenvalue weighted by Crippen LogP contribution is 2.16. The topological polar surface area (TPSA) is 61.9 Å². The van der Waals surface area contributed by atoms with Gasteiger partial charge in [0.15, 0.2) is 5.84 Å². The van der Waals surface area contributed by atoms with Gasteiger partial charge in [-0.05, 0) is 32.4 Å². The first-order chi connectivity index (χ1) is 7.79. The first kappa shape index (κ1) is 13.3. The van der Waals surface area contributed by atoms with Crippen LogP contribution < -0.4 is 5.73 Å². The molecule has 4 nitrogen and oxygen atoms in total. The van der Waals surface area contributed by atoms with Crippen molar-refractivity contribution in [3.63, 3.8) is 0 Å². The molecule has 0 aliphatic carbocycles. The number of hydrogen-bond acceptors (Lipinski definition) is 3. The van der Waals surface area contributed by atoms with Crippen LogP contribution in [0.5, 0.6) is 0 Å². The molecule has 1 saturated heterocycles. The van der Waals surface area contributed by atoms with E-state index < -0.39 is 0 Å². The van der Waals surface area contributed by atoms with E-state index in [-0.39, 0.29) is 6.04 Å². The highest BCUT2D eigenvalue weighted by molar-refractivity contribution is 5.85. The van der Waals surface area contributed by atoms with E-state index in [2.05, 4.69) is 17.0 Å². The summed E-state index contributed by atoms with van der Waals surface area (Å²) >= 11 is 0. The summed E-state index contributed by atoms with van der Waals surface area (Å²) in [5.41, 5.74) is 5.80. The van der Waals surface area contributed by atoms with E-state index in [0.717, 1.165) is 32.4 Å². The van der Waals surface area contributed by atoms with Gasteiger partial charge in [-0.25, -0.2) is 0 Å². The molecule has 3 N–H and O–H groups in total. The van der Waals surface area contributed by atoms with Crippen molar-refractivity contribution in [1.82, 2.24) is 4.90 Å². The van der Waals surface area contributed by atoms with Crippen LogP contribution in [0, 0.1) is 0 Å². The number of unbranched alkanes of at least 4 members (excludes halogenated alkanes) is 1. The average Bonchev–Trinajstić information content (AvgIpc) is 2.58. The van der Waals surface area contributed by atoms with Crippen LogP contribution in [0.3, 0.4) is 0 Å². The van der Waals surface area contributed by atoms with E-state index in [9.17, 15) is 0 Å². The second-order valence-electron chi connectivity index (χ2n) is 4.63. The van der Waals surface area contributed by atoms with Crippen molar-refractivity contribution in [3.05, 3.63) is 0 Å². The largest absolute Gasteiger partial charge is 0.409 e. The van der Waals surface area contributed by atoms with Gasteiger partial charge in [-0.2, -0.15) is 0 Å². The van der Waals surface area contributed by atoms with Crippen LogP contribution in [0.25, 0.3) is 0 Å². The molecule has 0 aromatic rings. The Kier molecular flexibility index (Phi) is 6.23. The van der Waals surface area contributed by atoms with Crippen LogP contribution in [-0.2, 0) is 0 Å². The summed E-state index contributed by atoms with van der Waals surface area (Å²) in [6.45, 7) is 4.35. The lowest BCUT2D eigenvalue weighted by Gasteiger charge is -2.29. The van der Waals surface area contributed by atoms with Crippen LogP contribution in [0.1, 0.15) is 51.9 Å². The number of amidine groups is 1. The molecule has 1 heterocycles. The zero-order valence-electron chi connectivity index (χ0n) is 10.4. The molecule has 0 bridgehead atoms. The quantitative estimate of drug-likeness (QED) is 0.327. The minimum Gasteiger partial charge on any atom is -0.409 e. The number of nitrogens with zero attached hydrogens (tertiary/aromatic N) is 2. The van der Waals surface area contributed by atoms with Gasteiger partial charge in [-0.1, -0.05) is 37.8 Å². The Morgan fingerprint density at radius 2 is 1.94 bits per heavy atom. The minimum absolute atomic E-state index is 0.142. The Labute approximate surface area is 98.5 Å². The van der Waals surface area contributed by atoms with Crippen LogP contribution in [0.15, 0.2) is 5.16 Å². The predicted molar refractivity (Wildman–Crippen MR) is 66.8 cm³/mol. The third-order valence-electron chi connectivity index (χ3n) is 3.37. The molecule has 0 radical (unpaired) electrons. The molecule has 0 aromatic heterocycles. The van der Waals surface area contributed by atoms with Crippen molar-refractivity contribution in [2.45, 2.75) is 57.9 Å². The molecule has 4 heteroatoms. The molecule has 0 spiro atoms. The van der Waals surface area contributed by atoms with E-state index >= 15 is 0 Å². The lowest BCUT2D eigenvalue weighted by atomic mass is 10.1. The smallest absolute Gasteiger partial charge is 0.156 e. The summed E-state index contributed by atoms with van der Waals surface area (Å²) in [6.07, 6.45) is 8.40. The number of rotatable bonds is 5. The van der Waals surface area contributed by atoms with Gasteiger partial charge in [-0.15, -0.1) is 0 Å². The van der Waals surface area contributed by atoms with Crippen LogP contribution in [0.2, 0.25) is 0 Å². The lowest BCUT2D eigenvalue weighted by Crippen LogP contribution is -2.45. The first-order valence-electron chi connectivity index (χ1n) is 6.51. The van der Waals surface area contributed by atoms with Gasteiger partial charge in [0.25, 0.3) is 0 Å². The second kappa shape index (κ2) is 7.49. The van der Waals surface area contributed by atoms with E-state index in [4.69, 9.17) is 10.9 Å². The highest BCUT2D eigenvalue weighted by atomic mass is 16.4. The molecule has 1 unspecified atom stereocenters. The van der Waals surface area contributed by atoms with E-state index in [1.807, 2.05) is 0 Å². The molecule has 1 aliphatic heterocycles. The summed E-state index contributed by atoms with van der Waals surface area (Å²) in [6, 6.07) is 0.142. The van der Waals surface area contributed by atoms with Crippen molar-refractivity contribution in [2.75, 3.05) is 13.1 Å². The molecule has 0 aromatic carbocycles. The molecule has 94 valence electrons. The molecule has 1 fully saturated rings. The molecule has 1 atom stereocenters. The second-order valence-corrected chi connectivity index (χ2v) is 4.63. The monoisotopic (exact) mass is 227 g/mol. The summed E-state index contributed by atoms with van der Waals surface area (Å²) in [5, 5.41) is 12.0. The summed E-state index contributed by atoms with van der Waals surface area (Å²) < 4.78 is 0. The van der Waals surface area contributed by atoms with Crippen molar-refractivity contribution in [3.8, 4) is 0 Å². The molecule has 1 aliphatic rings. The van der Waals surface area contributed by atoms with Gasteiger partial charge in [0.1, 0.15) is 0 Å². The zero-order chi connectivity index (χ0) is 11.8. The number of oxime groups is 1. The van der Waals surface area contributed by atoms with Crippen molar-refractivity contribution >= 4 is 5.84 Å². The fourth-order valence-electron chi connectivity index (χ4n) is 2.39. The Hall–Kier alpha value is -0.770. The van der Waals surface area contributed by atoms with Gasteiger partial charge in [0.2, 0.25) is 0 Å². The SMILES string of the molecule is CCCCC(C(N)=NO)N1CCCCCC1. The van der Waals surface area contributed by atoms with E-state index in [0.29, 0.717) is 5.84 Å². The Bertz CT molecular complexity index is 210. The molecule has 0 amide bonds. The van der Waals surface area contributed by atoms with Crippen LogP contribution >= 0.6 is 0 Å². The minimum atomic E-state index is 0.142. The molecular formula is C12H25N3O. The van der Waals surface area contributed by atoms with E-state index in [1.165, 1.54) is 25.7 Å². The average molecular weight is 227 g/mol. The molecule has 16 heavy (non-hydrogen) atoms. The fourth-order valence-corrected chi connectivity index (χ4v) is 2.39. The fraction of sp³-hybridized carbons (Fsp3) is 0.917. The maximum atomic E-state index is 8.84. The Morgan fingerprint density at radius 3 is 2.44 bits per heavy atom. The van der Waals surface area contributed by atoms with Gasteiger partial charge in [0.05, 0.1) is 6.04 Å². The van der Waals surface area contributed by atoms with E-state index in [1.54, 1.807) is 0 Å². The summed E-state index contributed by atoms with van der Waals surface area (Å²) in [7, 11) is 0. The maximum absolute atomic E-state index is 8.84. The van der Waals surface area contributed by atoms with Crippen molar-refractivity contribution in [1.29, 1.82) is 0 Å². The first-order valence-corrected chi connectivity index (χ1v) is 6.51. The van der Waals surface area contributed by atoms with Crippen LogP contribution in [-0.4, -0.2) is 35.1 Å². The zero-order valence-corrected chi connectivity index (χ0v) is 10.4. The molecule has 0 saturated carbocycles. The normalized spacial score (nSPS) is 21.7. The van der Waals surface area contributed by atoms with Crippen molar-refractivity contribution in [2.24, 2.45) is 10.9 Å².